The van der Waals surface area contributed by atoms with E-state index in [1.54, 1.807) is 18.3 Å². The number of carbonyl (C=O) groups is 1. The standard InChI is InChI=1S/C20H14N4O/c25-13-14-8-10-15(11-9-14)22-20-23-17-6-2-1-5-16(17)19(24-20)18-7-3-4-12-21-18/h1-13H,(H,22,23,24). The molecule has 2 aromatic heterocycles. The zero-order chi connectivity index (χ0) is 17.1. The molecular formula is C20H14N4O. The molecule has 0 aliphatic rings. The first kappa shape index (κ1) is 15.0. The Morgan fingerprint density at radius 2 is 1.64 bits per heavy atom. The average Bonchev–Trinajstić information content (AvgIpc) is 2.68. The van der Waals surface area contributed by atoms with E-state index in [1.807, 2.05) is 54.6 Å². The van der Waals surface area contributed by atoms with Crippen molar-refractivity contribution >= 4 is 28.8 Å². The molecule has 0 unspecified atom stereocenters. The summed E-state index contributed by atoms with van der Waals surface area (Å²) in [6, 6.07) is 20.7. The molecule has 0 aliphatic heterocycles. The Morgan fingerprint density at radius 3 is 2.40 bits per heavy atom. The van der Waals surface area contributed by atoms with Gasteiger partial charge in [0.15, 0.2) is 0 Å². The summed E-state index contributed by atoms with van der Waals surface area (Å²) >= 11 is 0. The number of aromatic nitrogens is 3. The molecule has 0 aliphatic carbocycles. The van der Waals surface area contributed by atoms with Crippen LogP contribution < -0.4 is 5.32 Å². The van der Waals surface area contributed by atoms with E-state index in [9.17, 15) is 4.79 Å². The summed E-state index contributed by atoms with van der Waals surface area (Å²) in [6.45, 7) is 0. The lowest BCUT2D eigenvalue weighted by atomic mass is 10.1. The summed E-state index contributed by atoms with van der Waals surface area (Å²) in [7, 11) is 0. The predicted molar refractivity (Wildman–Crippen MR) is 97.9 cm³/mol. The highest BCUT2D eigenvalue weighted by atomic mass is 16.1. The van der Waals surface area contributed by atoms with Gasteiger partial charge >= 0.3 is 0 Å². The van der Waals surface area contributed by atoms with Crippen molar-refractivity contribution in [3.63, 3.8) is 0 Å². The number of rotatable bonds is 4. The fourth-order valence-corrected chi connectivity index (χ4v) is 2.60. The highest BCUT2D eigenvalue weighted by Crippen LogP contribution is 2.26. The third-order valence-electron chi connectivity index (χ3n) is 3.81. The van der Waals surface area contributed by atoms with Gasteiger partial charge < -0.3 is 5.32 Å². The van der Waals surface area contributed by atoms with Gasteiger partial charge in [0.1, 0.15) is 12.0 Å². The van der Waals surface area contributed by atoms with Gasteiger partial charge in [-0.3, -0.25) is 9.78 Å². The van der Waals surface area contributed by atoms with Crippen molar-refractivity contribution in [3.05, 3.63) is 78.5 Å². The number of fused-ring (bicyclic) bond motifs is 1. The maximum atomic E-state index is 10.8. The molecule has 4 rings (SSSR count). The topological polar surface area (TPSA) is 67.8 Å². The van der Waals surface area contributed by atoms with Crippen LogP contribution in [0, 0.1) is 0 Å². The van der Waals surface area contributed by atoms with Crippen molar-refractivity contribution in [1.82, 2.24) is 15.0 Å². The van der Waals surface area contributed by atoms with Crippen LogP contribution in [-0.2, 0) is 0 Å². The molecule has 0 fully saturated rings. The second-order valence-corrected chi connectivity index (χ2v) is 5.49. The fourth-order valence-electron chi connectivity index (χ4n) is 2.60. The number of benzene rings is 2. The van der Waals surface area contributed by atoms with E-state index in [4.69, 9.17) is 0 Å². The van der Waals surface area contributed by atoms with Crippen LogP contribution in [-0.4, -0.2) is 21.2 Å². The summed E-state index contributed by atoms with van der Waals surface area (Å²) in [6.07, 6.45) is 2.56. The zero-order valence-corrected chi connectivity index (χ0v) is 13.3. The van der Waals surface area contributed by atoms with Crippen LogP contribution in [0.5, 0.6) is 0 Å². The molecule has 0 radical (unpaired) electrons. The van der Waals surface area contributed by atoms with Crippen LogP contribution in [0.4, 0.5) is 11.6 Å². The van der Waals surface area contributed by atoms with E-state index in [2.05, 4.69) is 20.3 Å². The normalized spacial score (nSPS) is 10.6. The summed E-state index contributed by atoms with van der Waals surface area (Å²) in [5.74, 6) is 0.484. The van der Waals surface area contributed by atoms with Crippen molar-refractivity contribution < 1.29 is 4.79 Å². The Kier molecular flexibility index (Phi) is 3.88. The highest BCUT2D eigenvalue weighted by molar-refractivity contribution is 5.92. The van der Waals surface area contributed by atoms with Gasteiger partial charge in [-0.05, 0) is 42.5 Å². The lowest BCUT2D eigenvalue weighted by Crippen LogP contribution is -2.00. The number of hydrogen-bond donors (Lipinski definition) is 1. The van der Waals surface area contributed by atoms with Crippen LogP contribution >= 0.6 is 0 Å². The van der Waals surface area contributed by atoms with Crippen LogP contribution in [0.3, 0.4) is 0 Å². The van der Waals surface area contributed by atoms with Crippen molar-refractivity contribution in [1.29, 1.82) is 0 Å². The number of nitrogens with one attached hydrogen (secondary N) is 1. The van der Waals surface area contributed by atoms with Crippen molar-refractivity contribution in [2.75, 3.05) is 5.32 Å². The molecular weight excluding hydrogens is 312 g/mol. The average molecular weight is 326 g/mol. The lowest BCUT2D eigenvalue weighted by Gasteiger charge is -2.10. The summed E-state index contributed by atoms with van der Waals surface area (Å²) in [5, 5.41) is 4.14. The highest BCUT2D eigenvalue weighted by Gasteiger charge is 2.10. The van der Waals surface area contributed by atoms with Gasteiger partial charge in [0.25, 0.3) is 0 Å². The van der Waals surface area contributed by atoms with Crippen LogP contribution in [0.1, 0.15) is 10.4 Å². The van der Waals surface area contributed by atoms with Crippen molar-refractivity contribution in [2.45, 2.75) is 0 Å². The number of nitrogens with zero attached hydrogens (tertiary/aromatic N) is 3. The van der Waals surface area contributed by atoms with Crippen LogP contribution in [0.15, 0.2) is 72.9 Å². The number of anilines is 2. The molecule has 0 bridgehead atoms. The second kappa shape index (κ2) is 6.49. The second-order valence-electron chi connectivity index (χ2n) is 5.49. The molecule has 1 N–H and O–H groups in total. The van der Waals surface area contributed by atoms with E-state index in [0.29, 0.717) is 11.5 Å². The third kappa shape index (κ3) is 3.07. The molecule has 2 aromatic carbocycles. The minimum absolute atomic E-state index is 0.484. The summed E-state index contributed by atoms with van der Waals surface area (Å²) in [4.78, 5) is 24.4. The molecule has 0 spiro atoms. The first-order chi connectivity index (χ1) is 12.3. The SMILES string of the molecule is O=Cc1ccc(Nc2nc(-c3ccccn3)c3ccccc3n2)cc1. The van der Waals surface area contributed by atoms with E-state index in [-0.39, 0.29) is 0 Å². The van der Waals surface area contributed by atoms with Gasteiger partial charge in [0, 0.05) is 22.8 Å². The quantitative estimate of drug-likeness (QED) is 0.568. The van der Waals surface area contributed by atoms with E-state index < -0.39 is 0 Å². The fraction of sp³-hybridized carbons (Fsp3) is 0. The van der Waals surface area contributed by atoms with Crippen LogP contribution in [0.25, 0.3) is 22.3 Å². The maximum absolute atomic E-state index is 10.8. The van der Waals surface area contributed by atoms with Crippen molar-refractivity contribution in [2.24, 2.45) is 0 Å². The Bertz CT molecular complexity index is 1030. The van der Waals surface area contributed by atoms with Gasteiger partial charge in [-0.25, -0.2) is 9.97 Å². The molecule has 4 aromatic rings. The van der Waals surface area contributed by atoms with E-state index >= 15 is 0 Å². The first-order valence-corrected chi connectivity index (χ1v) is 7.84. The Hall–Kier alpha value is -3.60. The predicted octanol–water partition coefficient (Wildman–Crippen LogP) is 4.25. The molecule has 0 saturated carbocycles. The molecule has 5 heteroatoms. The number of pyridine rings is 1. The number of carbonyl (C=O) groups excluding carboxylic acids is 1. The van der Waals surface area contributed by atoms with Gasteiger partial charge in [0.05, 0.1) is 11.2 Å². The smallest absolute Gasteiger partial charge is 0.228 e. The molecule has 25 heavy (non-hydrogen) atoms. The van der Waals surface area contributed by atoms with Gasteiger partial charge in [-0.1, -0.05) is 24.3 Å². The molecule has 0 atom stereocenters. The Morgan fingerprint density at radius 1 is 0.840 bits per heavy atom. The largest absolute Gasteiger partial charge is 0.324 e. The minimum atomic E-state index is 0.484. The Balaban J connectivity index is 1.80. The molecule has 2 heterocycles. The van der Waals surface area contributed by atoms with Crippen molar-refractivity contribution in [3.8, 4) is 11.4 Å². The van der Waals surface area contributed by atoms with Gasteiger partial charge in [-0.15, -0.1) is 0 Å². The number of para-hydroxylation sites is 1. The Labute approximate surface area is 144 Å². The van der Waals surface area contributed by atoms with E-state index in [0.717, 1.165) is 34.3 Å². The minimum Gasteiger partial charge on any atom is -0.324 e. The molecule has 0 saturated heterocycles. The number of hydrogen-bond acceptors (Lipinski definition) is 5. The van der Waals surface area contributed by atoms with E-state index in [1.165, 1.54) is 0 Å². The maximum Gasteiger partial charge on any atom is 0.228 e. The molecule has 120 valence electrons. The monoisotopic (exact) mass is 326 g/mol. The summed E-state index contributed by atoms with van der Waals surface area (Å²) < 4.78 is 0. The molecule has 5 nitrogen and oxygen atoms in total. The zero-order valence-electron chi connectivity index (χ0n) is 13.3. The third-order valence-corrected chi connectivity index (χ3v) is 3.81. The van der Waals surface area contributed by atoms with Crippen LogP contribution in [0.2, 0.25) is 0 Å². The van der Waals surface area contributed by atoms with Gasteiger partial charge in [0.2, 0.25) is 5.95 Å². The summed E-state index contributed by atoms with van der Waals surface area (Å²) in [5.41, 5.74) is 3.84. The number of aldehydes is 1. The first-order valence-electron chi connectivity index (χ1n) is 7.84. The van der Waals surface area contributed by atoms with Gasteiger partial charge in [-0.2, -0.15) is 0 Å². The lowest BCUT2D eigenvalue weighted by molar-refractivity contribution is 0.112. The molecule has 0 amide bonds.